The molecule has 24 heavy (non-hydrogen) atoms. The van der Waals surface area contributed by atoms with Gasteiger partial charge in [-0.05, 0) is 60.4 Å². The van der Waals surface area contributed by atoms with Crippen molar-refractivity contribution in [3.63, 3.8) is 0 Å². The number of allylic oxidation sites excluding steroid dienone is 5. The molecule has 0 spiro atoms. The molecule has 122 valence electrons. The summed E-state index contributed by atoms with van der Waals surface area (Å²) >= 11 is 1.80. The Labute approximate surface area is 146 Å². The number of rotatable bonds is 5. The summed E-state index contributed by atoms with van der Waals surface area (Å²) in [5.41, 5.74) is 3.51. The number of carbonyl (C=O) groups is 1. The molecule has 0 aliphatic carbocycles. The van der Waals surface area contributed by atoms with Gasteiger partial charge in [0.1, 0.15) is 0 Å². The minimum Gasteiger partial charge on any atom is -0.322 e. The molecule has 1 N–H and O–H groups in total. The maximum absolute atomic E-state index is 12.5. The standard InChI is InChI=1S/C19H19N3OS/c1-2-4-17(13-15-5-3-10-20-14-15)21-19(23)16-6-8-18(9-7-16)22-11-12-24-22/h2-4,6-10,13-14H,1,5,11-12H2,(H,21,23)/b15-13+,17-4+. The Balaban J connectivity index is 1.69. The Bertz CT molecular complexity index is 740. The van der Waals surface area contributed by atoms with Crippen LogP contribution in [0.2, 0.25) is 0 Å². The molecule has 0 bridgehead atoms. The van der Waals surface area contributed by atoms with E-state index < -0.39 is 0 Å². The van der Waals surface area contributed by atoms with Crippen LogP contribution in [0.1, 0.15) is 16.8 Å². The fraction of sp³-hybridized carbons (Fsp3) is 0.158. The van der Waals surface area contributed by atoms with Gasteiger partial charge in [-0.2, -0.15) is 0 Å². The van der Waals surface area contributed by atoms with Crippen molar-refractivity contribution in [1.29, 1.82) is 0 Å². The van der Waals surface area contributed by atoms with Crippen LogP contribution in [-0.2, 0) is 0 Å². The Kier molecular flexibility index (Phi) is 5.33. The van der Waals surface area contributed by atoms with Crippen molar-refractivity contribution in [3.8, 4) is 0 Å². The van der Waals surface area contributed by atoms with E-state index in [0.717, 1.165) is 30.0 Å². The number of hydrogen-bond acceptors (Lipinski definition) is 4. The summed E-state index contributed by atoms with van der Waals surface area (Å²) in [4.78, 5) is 16.6. The fourth-order valence-corrected chi connectivity index (χ4v) is 2.99. The summed E-state index contributed by atoms with van der Waals surface area (Å²) in [6.07, 6.45) is 11.7. The summed E-state index contributed by atoms with van der Waals surface area (Å²) in [6, 6.07) is 7.67. The van der Waals surface area contributed by atoms with E-state index in [-0.39, 0.29) is 5.91 Å². The maximum Gasteiger partial charge on any atom is 0.255 e. The molecule has 5 heteroatoms. The molecule has 1 aromatic carbocycles. The first-order chi connectivity index (χ1) is 11.8. The number of amides is 1. The number of anilines is 1. The number of aliphatic imine (C=N–C) groups is 1. The Morgan fingerprint density at radius 1 is 1.33 bits per heavy atom. The normalized spacial score (nSPS) is 18.4. The molecule has 1 saturated heterocycles. The minimum absolute atomic E-state index is 0.133. The van der Waals surface area contributed by atoms with Crippen LogP contribution in [0.15, 0.2) is 77.6 Å². The second-order valence-electron chi connectivity index (χ2n) is 5.38. The Hall–Kier alpha value is -2.53. The third-order valence-electron chi connectivity index (χ3n) is 3.64. The first-order valence-electron chi connectivity index (χ1n) is 7.79. The summed E-state index contributed by atoms with van der Waals surface area (Å²) in [5.74, 6) is 1.02. The largest absolute Gasteiger partial charge is 0.322 e. The predicted molar refractivity (Wildman–Crippen MR) is 102 cm³/mol. The van der Waals surface area contributed by atoms with Gasteiger partial charge in [-0.3, -0.25) is 9.79 Å². The molecule has 1 amide bonds. The molecular formula is C19H19N3OS. The van der Waals surface area contributed by atoms with E-state index in [9.17, 15) is 4.79 Å². The van der Waals surface area contributed by atoms with Gasteiger partial charge < -0.3 is 9.62 Å². The molecule has 0 aromatic heterocycles. The molecule has 4 nitrogen and oxygen atoms in total. The average Bonchev–Trinajstić information content (AvgIpc) is 2.55. The minimum atomic E-state index is -0.133. The fourth-order valence-electron chi connectivity index (χ4n) is 2.36. The van der Waals surface area contributed by atoms with Crippen molar-refractivity contribution < 1.29 is 4.79 Å². The lowest BCUT2D eigenvalue weighted by molar-refractivity contribution is 0.0967. The van der Waals surface area contributed by atoms with Crippen molar-refractivity contribution in [3.05, 3.63) is 78.2 Å². The number of benzene rings is 1. The molecule has 1 fully saturated rings. The lowest BCUT2D eigenvalue weighted by atomic mass is 10.1. The monoisotopic (exact) mass is 337 g/mol. The molecule has 0 radical (unpaired) electrons. The third-order valence-corrected chi connectivity index (χ3v) is 4.71. The highest BCUT2D eigenvalue weighted by Gasteiger charge is 2.16. The van der Waals surface area contributed by atoms with Crippen LogP contribution in [0.4, 0.5) is 5.69 Å². The smallest absolute Gasteiger partial charge is 0.255 e. The topological polar surface area (TPSA) is 44.7 Å². The summed E-state index contributed by atoms with van der Waals surface area (Å²) < 4.78 is 2.21. The molecule has 0 unspecified atom stereocenters. The SMILES string of the molecule is C=C/C=C(\C=C1\C=NC=CC1)NC(=O)c1ccc(N2CCS2)cc1. The van der Waals surface area contributed by atoms with Gasteiger partial charge in [-0.15, -0.1) is 0 Å². The van der Waals surface area contributed by atoms with Crippen molar-refractivity contribution in [2.24, 2.45) is 4.99 Å². The van der Waals surface area contributed by atoms with Gasteiger partial charge in [0.2, 0.25) is 0 Å². The van der Waals surface area contributed by atoms with Crippen LogP contribution in [0.3, 0.4) is 0 Å². The van der Waals surface area contributed by atoms with Crippen LogP contribution in [0.25, 0.3) is 0 Å². The first kappa shape index (κ1) is 16.3. The highest BCUT2D eigenvalue weighted by atomic mass is 32.2. The molecule has 2 aliphatic heterocycles. The van der Waals surface area contributed by atoms with E-state index in [0.29, 0.717) is 11.3 Å². The van der Waals surface area contributed by atoms with Crippen LogP contribution >= 0.6 is 11.9 Å². The van der Waals surface area contributed by atoms with Crippen molar-refractivity contribution in [2.75, 3.05) is 16.6 Å². The lowest BCUT2D eigenvalue weighted by Crippen LogP contribution is -2.29. The van der Waals surface area contributed by atoms with E-state index in [2.05, 4.69) is 21.2 Å². The zero-order chi connectivity index (χ0) is 16.8. The molecule has 1 aromatic rings. The molecule has 0 saturated carbocycles. The van der Waals surface area contributed by atoms with Gasteiger partial charge in [0.15, 0.2) is 0 Å². The number of carbonyl (C=O) groups excluding carboxylic acids is 1. The molecular weight excluding hydrogens is 318 g/mol. The van der Waals surface area contributed by atoms with Gasteiger partial charge in [0, 0.05) is 41.7 Å². The molecule has 0 atom stereocenters. The van der Waals surface area contributed by atoms with Gasteiger partial charge in [0.05, 0.1) is 0 Å². The molecule has 3 rings (SSSR count). The van der Waals surface area contributed by atoms with E-state index in [1.165, 1.54) is 0 Å². The van der Waals surface area contributed by atoms with Crippen LogP contribution in [-0.4, -0.2) is 24.4 Å². The summed E-state index contributed by atoms with van der Waals surface area (Å²) in [6.45, 7) is 4.77. The van der Waals surface area contributed by atoms with E-state index in [1.54, 1.807) is 36.5 Å². The van der Waals surface area contributed by atoms with E-state index in [1.807, 2.05) is 36.4 Å². The number of hydrogen-bond donors (Lipinski definition) is 1. The van der Waals surface area contributed by atoms with Gasteiger partial charge >= 0.3 is 0 Å². The van der Waals surface area contributed by atoms with Crippen molar-refractivity contribution >= 4 is 29.8 Å². The highest BCUT2D eigenvalue weighted by Crippen LogP contribution is 2.29. The van der Waals surface area contributed by atoms with Gasteiger partial charge in [-0.25, -0.2) is 0 Å². The second-order valence-corrected chi connectivity index (χ2v) is 6.49. The average molecular weight is 337 g/mol. The third kappa shape index (κ3) is 4.06. The zero-order valence-corrected chi connectivity index (χ0v) is 14.1. The number of nitrogens with zero attached hydrogens (tertiary/aromatic N) is 2. The number of nitrogens with one attached hydrogen (secondary N) is 1. The van der Waals surface area contributed by atoms with Crippen LogP contribution in [0, 0.1) is 0 Å². The van der Waals surface area contributed by atoms with E-state index in [4.69, 9.17) is 0 Å². The quantitative estimate of drug-likeness (QED) is 0.655. The highest BCUT2D eigenvalue weighted by molar-refractivity contribution is 8.02. The molecule has 2 heterocycles. The first-order valence-corrected chi connectivity index (χ1v) is 8.74. The van der Waals surface area contributed by atoms with Crippen molar-refractivity contribution in [2.45, 2.75) is 6.42 Å². The summed E-state index contributed by atoms with van der Waals surface area (Å²) in [7, 11) is 0. The van der Waals surface area contributed by atoms with Crippen LogP contribution < -0.4 is 9.62 Å². The second kappa shape index (κ2) is 7.84. The van der Waals surface area contributed by atoms with Crippen LogP contribution in [0.5, 0.6) is 0 Å². The summed E-state index contributed by atoms with van der Waals surface area (Å²) in [5, 5.41) is 2.93. The predicted octanol–water partition coefficient (Wildman–Crippen LogP) is 3.87. The van der Waals surface area contributed by atoms with Gasteiger partial charge in [-0.1, -0.05) is 18.7 Å². The Morgan fingerprint density at radius 2 is 2.12 bits per heavy atom. The molecule has 2 aliphatic rings. The van der Waals surface area contributed by atoms with Gasteiger partial charge in [0.25, 0.3) is 5.91 Å². The van der Waals surface area contributed by atoms with E-state index >= 15 is 0 Å². The van der Waals surface area contributed by atoms with Crippen molar-refractivity contribution in [1.82, 2.24) is 5.32 Å². The maximum atomic E-state index is 12.5. The Morgan fingerprint density at radius 3 is 2.71 bits per heavy atom. The lowest BCUT2D eigenvalue weighted by Gasteiger charge is -2.31. The zero-order valence-electron chi connectivity index (χ0n) is 13.3.